The molecule has 0 saturated carbocycles. The summed E-state index contributed by atoms with van der Waals surface area (Å²) in [7, 11) is 0. The van der Waals surface area contributed by atoms with Gasteiger partial charge in [0.05, 0.1) is 28.2 Å². The molecule has 0 bridgehead atoms. The van der Waals surface area contributed by atoms with E-state index in [1.54, 1.807) is 0 Å². The molecule has 0 spiro atoms. The predicted molar refractivity (Wildman–Crippen MR) is 208 cm³/mol. The van der Waals surface area contributed by atoms with Crippen molar-refractivity contribution >= 4 is 8.41 Å². The van der Waals surface area contributed by atoms with Crippen LogP contribution in [0.15, 0.2) is 12.1 Å². The molecule has 0 unspecified atom stereocenters. The van der Waals surface area contributed by atoms with E-state index in [0.29, 0.717) is 37.1 Å². The summed E-state index contributed by atoms with van der Waals surface area (Å²) in [6.45, 7) is 8.61. The maximum atomic E-state index is 14.7. The molecule has 1 aromatic rings. The van der Waals surface area contributed by atoms with Gasteiger partial charge in [-0.25, -0.2) is 4.39 Å². The fraction of sp³-hybridized carbons (Fsp3) is 0.857. The number of ether oxygens (including phenoxy) is 3. The highest BCUT2D eigenvalue weighted by atomic mass is 19.1. The molecule has 0 N–H and O–H groups in total. The molecule has 1 rings (SSSR count). The van der Waals surface area contributed by atoms with Gasteiger partial charge >= 0.3 is 0 Å². The minimum atomic E-state index is -0.317. The van der Waals surface area contributed by atoms with Gasteiger partial charge < -0.3 is 14.2 Å². The Balaban J connectivity index is 0.0000212. The van der Waals surface area contributed by atoms with Gasteiger partial charge in [-0.1, -0.05) is 194 Å². The number of benzene rings is 1. The second kappa shape index (κ2) is 35.9. The number of halogens is 1. The Bertz CT molecular complexity index is 727. The van der Waals surface area contributed by atoms with Crippen molar-refractivity contribution in [2.24, 2.45) is 0 Å². The van der Waals surface area contributed by atoms with Gasteiger partial charge in [0.25, 0.3) is 0 Å². The molecule has 3 nitrogen and oxygen atoms in total. The second-order valence-corrected chi connectivity index (χ2v) is 13.8. The Morgan fingerprint density at radius 1 is 0.362 bits per heavy atom. The predicted octanol–water partition coefficient (Wildman–Crippen LogP) is 13.5. The van der Waals surface area contributed by atoms with Crippen LogP contribution in [0.3, 0.4) is 0 Å². The maximum absolute atomic E-state index is 14.7. The molecule has 0 saturated heterocycles. The van der Waals surface area contributed by atoms with E-state index in [0.717, 1.165) is 32.1 Å². The summed E-state index contributed by atoms with van der Waals surface area (Å²) < 4.78 is 33.3. The molecule has 0 radical (unpaired) electrons. The normalized spacial score (nSPS) is 11.1. The molecular weight excluding hydrogens is 582 g/mol. The van der Waals surface area contributed by atoms with Crippen molar-refractivity contribution in [3.05, 3.63) is 17.9 Å². The zero-order valence-electron chi connectivity index (χ0n) is 31.1. The number of unbranched alkanes of at least 4 members (excludes halogenated alkanes) is 27. The van der Waals surface area contributed by atoms with Gasteiger partial charge in [-0.05, 0) is 19.3 Å². The molecule has 0 aliphatic carbocycles. The van der Waals surface area contributed by atoms with Crippen molar-refractivity contribution in [1.82, 2.24) is 0 Å². The third-order valence-corrected chi connectivity index (χ3v) is 9.24. The first-order valence-corrected chi connectivity index (χ1v) is 20.4. The van der Waals surface area contributed by atoms with Gasteiger partial charge in [0.15, 0.2) is 11.5 Å². The van der Waals surface area contributed by atoms with Gasteiger partial charge in [0.1, 0.15) is 5.82 Å². The topological polar surface area (TPSA) is 27.7 Å². The SMILES string of the molecule is B.CCCCCCCCCCCCOc1cc(F)cc(OCCCCCCCCCCCC)c1OCCCCCCCCCCCC. The van der Waals surface area contributed by atoms with E-state index in [2.05, 4.69) is 20.8 Å². The van der Waals surface area contributed by atoms with Gasteiger partial charge in [0, 0.05) is 12.1 Å². The summed E-state index contributed by atoms with van der Waals surface area (Å²) in [6.07, 6.45) is 38.5. The summed E-state index contributed by atoms with van der Waals surface area (Å²) in [6, 6.07) is 2.97. The molecule has 0 atom stereocenters. The van der Waals surface area contributed by atoms with Crippen molar-refractivity contribution < 1.29 is 18.6 Å². The minimum Gasteiger partial charge on any atom is -0.489 e. The van der Waals surface area contributed by atoms with Crippen LogP contribution in [-0.4, -0.2) is 28.2 Å². The summed E-state index contributed by atoms with van der Waals surface area (Å²) in [5.74, 6) is 1.28. The van der Waals surface area contributed by atoms with Crippen LogP contribution in [0.4, 0.5) is 4.39 Å². The second-order valence-electron chi connectivity index (χ2n) is 13.8. The van der Waals surface area contributed by atoms with Crippen molar-refractivity contribution in [2.45, 2.75) is 213 Å². The van der Waals surface area contributed by atoms with Crippen LogP contribution in [-0.2, 0) is 0 Å². The Labute approximate surface area is 294 Å². The van der Waals surface area contributed by atoms with Gasteiger partial charge in [-0.2, -0.15) is 0 Å². The number of hydrogen-bond donors (Lipinski definition) is 0. The Kier molecular flexibility index (Phi) is 34.9. The van der Waals surface area contributed by atoms with Crippen LogP contribution in [0.5, 0.6) is 17.2 Å². The molecule has 5 heteroatoms. The highest BCUT2D eigenvalue weighted by Gasteiger charge is 2.16. The highest BCUT2D eigenvalue weighted by molar-refractivity contribution is 5.75. The number of rotatable bonds is 36. The van der Waals surface area contributed by atoms with E-state index in [1.165, 1.54) is 173 Å². The third kappa shape index (κ3) is 28.2. The quantitative estimate of drug-likeness (QED) is 0.0529. The van der Waals surface area contributed by atoms with E-state index >= 15 is 0 Å². The molecule has 0 fully saturated rings. The van der Waals surface area contributed by atoms with Crippen LogP contribution in [0.2, 0.25) is 0 Å². The fourth-order valence-corrected chi connectivity index (χ4v) is 6.21. The fourth-order valence-electron chi connectivity index (χ4n) is 6.21. The van der Waals surface area contributed by atoms with Gasteiger partial charge in [-0.3, -0.25) is 0 Å². The van der Waals surface area contributed by atoms with E-state index in [-0.39, 0.29) is 14.2 Å². The minimum absolute atomic E-state index is 0. The maximum Gasteiger partial charge on any atom is 0.203 e. The lowest BCUT2D eigenvalue weighted by Crippen LogP contribution is -2.07. The average Bonchev–Trinajstić information content (AvgIpc) is 3.05. The zero-order valence-corrected chi connectivity index (χ0v) is 31.1. The lowest BCUT2D eigenvalue weighted by Gasteiger charge is -2.17. The van der Waals surface area contributed by atoms with Crippen LogP contribution in [0.1, 0.15) is 213 Å². The van der Waals surface area contributed by atoms with Gasteiger partial charge in [0.2, 0.25) is 5.75 Å². The summed E-state index contributed by atoms with van der Waals surface area (Å²) in [5, 5.41) is 0. The highest BCUT2D eigenvalue weighted by Crippen LogP contribution is 2.39. The monoisotopic (exact) mass is 663 g/mol. The van der Waals surface area contributed by atoms with E-state index < -0.39 is 0 Å². The molecule has 276 valence electrons. The summed E-state index contributed by atoms with van der Waals surface area (Å²) >= 11 is 0. The van der Waals surface area contributed by atoms with E-state index in [4.69, 9.17) is 14.2 Å². The van der Waals surface area contributed by atoms with Crippen LogP contribution in [0.25, 0.3) is 0 Å². The first-order chi connectivity index (χ1) is 22.7. The first-order valence-electron chi connectivity index (χ1n) is 20.4. The van der Waals surface area contributed by atoms with Crippen LogP contribution in [0, 0.1) is 5.82 Å². The smallest absolute Gasteiger partial charge is 0.203 e. The largest absolute Gasteiger partial charge is 0.489 e. The van der Waals surface area contributed by atoms with Crippen molar-refractivity contribution in [2.75, 3.05) is 19.8 Å². The Hall–Kier alpha value is -1.39. The molecule has 0 heterocycles. The molecule has 0 aliphatic heterocycles. The zero-order chi connectivity index (χ0) is 33.2. The lowest BCUT2D eigenvalue weighted by molar-refractivity contribution is 0.232. The summed E-state index contributed by atoms with van der Waals surface area (Å²) in [4.78, 5) is 0. The van der Waals surface area contributed by atoms with E-state index in [1.807, 2.05) is 0 Å². The molecule has 1 aromatic carbocycles. The van der Waals surface area contributed by atoms with Crippen molar-refractivity contribution in [1.29, 1.82) is 0 Å². The average molecular weight is 663 g/mol. The molecule has 47 heavy (non-hydrogen) atoms. The van der Waals surface area contributed by atoms with Crippen LogP contribution < -0.4 is 14.2 Å². The Morgan fingerprint density at radius 3 is 0.872 bits per heavy atom. The van der Waals surface area contributed by atoms with Gasteiger partial charge in [-0.15, -0.1) is 0 Å². The molecule has 0 aliphatic rings. The van der Waals surface area contributed by atoms with Crippen molar-refractivity contribution in [3.63, 3.8) is 0 Å². The first kappa shape index (κ1) is 45.6. The van der Waals surface area contributed by atoms with E-state index in [9.17, 15) is 4.39 Å². The Morgan fingerprint density at radius 2 is 0.596 bits per heavy atom. The summed E-state index contributed by atoms with van der Waals surface area (Å²) in [5.41, 5.74) is 0. The number of hydrogen-bond acceptors (Lipinski definition) is 3. The lowest BCUT2D eigenvalue weighted by atomic mass is 10.1. The molecule has 0 aromatic heterocycles. The molecular formula is C42H80BFO3. The van der Waals surface area contributed by atoms with Crippen molar-refractivity contribution in [3.8, 4) is 17.2 Å². The standard InChI is InChI=1S/C42H77FO3.BH3/c1-4-7-10-13-16-19-22-25-28-31-34-44-40-37-39(43)38-41(45-35-32-29-26-23-20-17-14-11-8-5-2)42(40)46-36-33-30-27-24-21-18-15-12-9-6-3;/h37-38H,4-36H2,1-3H3;1H3. The molecule has 0 amide bonds. The van der Waals surface area contributed by atoms with Crippen LogP contribution >= 0.6 is 0 Å². The third-order valence-electron chi connectivity index (χ3n) is 9.24.